The van der Waals surface area contributed by atoms with Gasteiger partial charge in [-0.2, -0.15) is 0 Å². The van der Waals surface area contributed by atoms with Crippen LogP contribution in [0.3, 0.4) is 0 Å². The monoisotopic (exact) mass is 485 g/mol. The second-order valence-corrected chi connectivity index (χ2v) is 10.1. The summed E-state index contributed by atoms with van der Waals surface area (Å²) in [5.74, 6) is -1.05. The number of methoxy groups -OCH3 is 1. The van der Waals surface area contributed by atoms with Gasteiger partial charge in [0.05, 0.1) is 6.61 Å². The fraction of sp³-hybridized carbons (Fsp3) is 0.320. The summed E-state index contributed by atoms with van der Waals surface area (Å²) in [5, 5.41) is 12.2. The van der Waals surface area contributed by atoms with Crippen LogP contribution in [0.5, 0.6) is 0 Å². The first-order valence-corrected chi connectivity index (χ1v) is 11.5. The van der Waals surface area contributed by atoms with Gasteiger partial charge in [0.15, 0.2) is 0 Å². The zero-order valence-corrected chi connectivity index (χ0v) is 20.6. The molecule has 0 saturated carbocycles. The summed E-state index contributed by atoms with van der Waals surface area (Å²) in [6.45, 7) is 7.78. The molecule has 0 aliphatic heterocycles. The number of carboxylic acids is 1. The molecule has 0 radical (unpaired) electrons. The van der Waals surface area contributed by atoms with Gasteiger partial charge in [0.1, 0.15) is 22.1 Å². The summed E-state index contributed by atoms with van der Waals surface area (Å²) in [6.07, 6.45) is 0. The summed E-state index contributed by atoms with van der Waals surface area (Å²) in [5.41, 5.74) is 2.85. The number of carbonyl (C=O) groups excluding carboxylic acids is 1. The Balaban J connectivity index is 1.93. The smallest absolute Gasteiger partial charge is 0.319 e. The molecule has 0 atom stereocenters. The van der Waals surface area contributed by atoms with E-state index >= 15 is 0 Å². The third-order valence-corrected chi connectivity index (χ3v) is 6.59. The number of anilines is 1. The summed E-state index contributed by atoms with van der Waals surface area (Å²) in [7, 11) is 1.60. The predicted molar refractivity (Wildman–Crippen MR) is 131 cm³/mol. The van der Waals surface area contributed by atoms with Gasteiger partial charge < -0.3 is 19.7 Å². The highest BCUT2D eigenvalue weighted by Gasteiger charge is 2.28. The van der Waals surface area contributed by atoms with E-state index in [9.17, 15) is 19.1 Å². The quantitative estimate of drug-likeness (QED) is 0.407. The largest absolute Gasteiger partial charge is 0.480 e. The van der Waals surface area contributed by atoms with Crippen molar-refractivity contribution < 1.29 is 23.8 Å². The van der Waals surface area contributed by atoms with E-state index in [1.54, 1.807) is 27.9 Å². The Hall–Kier alpha value is -3.17. The van der Waals surface area contributed by atoms with Gasteiger partial charge >= 0.3 is 5.97 Å². The number of aromatic nitrogens is 2. The molecule has 0 bridgehead atoms. The number of nitrogens with zero attached hydrogens (tertiary/aromatic N) is 2. The Labute approximate surface area is 202 Å². The minimum atomic E-state index is -0.960. The van der Waals surface area contributed by atoms with E-state index in [1.165, 1.54) is 30.0 Å². The lowest BCUT2D eigenvalue weighted by Crippen LogP contribution is -2.26. The van der Waals surface area contributed by atoms with Crippen molar-refractivity contribution >= 4 is 29.3 Å². The lowest BCUT2D eigenvalue weighted by molar-refractivity contribution is -0.138. The molecule has 2 aromatic carbocycles. The van der Waals surface area contributed by atoms with E-state index in [0.717, 1.165) is 10.5 Å². The van der Waals surface area contributed by atoms with E-state index in [1.807, 2.05) is 35.8 Å². The molecular formula is C25H28FN3O4S. The number of nitrogens with one attached hydrogen (secondary N) is 1. The molecule has 0 aliphatic carbocycles. The molecule has 3 aromatic rings. The number of thioether (sulfide) groups is 1. The van der Waals surface area contributed by atoms with Crippen LogP contribution < -0.4 is 5.32 Å². The molecule has 2 N–H and O–H groups in total. The number of benzene rings is 2. The number of hydrogen-bond donors (Lipinski definition) is 2. The molecule has 180 valence electrons. The molecule has 3 rings (SSSR count). The summed E-state index contributed by atoms with van der Waals surface area (Å²) in [4.78, 5) is 29.9. The number of aryl methyl sites for hydroxylation is 1. The Morgan fingerprint density at radius 2 is 1.85 bits per heavy atom. The first-order valence-electron chi connectivity index (χ1n) is 10.7. The number of halogens is 1. The molecule has 0 spiro atoms. The second kappa shape index (κ2) is 10.4. The van der Waals surface area contributed by atoms with Crippen molar-refractivity contribution in [3.05, 3.63) is 65.2 Å². The lowest BCUT2D eigenvalue weighted by atomic mass is 10.2. The SMILES string of the molecule is COCCn1c(-c2ccc(SC(C)(C)C(=O)O)cc2)nc(C(=O)Nc2ccc(F)cc2C)c1C. The standard InChI is InChI=1S/C25H28FN3O4S/c1-15-14-18(26)8-11-20(15)27-23(30)21-16(2)29(12-13-33-5)22(28-21)17-6-9-19(10-7-17)34-25(3,4)24(31)32/h6-11,14H,12-13H2,1-5H3,(H,27,30)(H,31,32). The number of aliphatic carboxylic acids is 1. The Bertz CT molecular complexity index is 1210. The topological polar surface area (TPSA) is 93.4 Å². The highest BCUT2D eigenvalue weighted by Crippen LogP contribution is 2.34. The van der Waals surface area contributed by atoms with Gasteiger partial charge in [-0.15, -0.1) is 11.8 Å². The Morgan fingerprint density at radius 1 is 1.18 bits per heavy atom. The molecule has 0 saturated heterocycles. The van der Waals surface area contributed by atoms with Crippen molar-refractivity contribution in [1.82, 2.24) is 9.55 Å². The van der Waals surface area contributed by atoms with Crippen molar-refractivity contribution in [3.63, 3.8) is 0 Å². The highest BCUT2D eigenvalue weighted by atomic mass is 32.2. The van der Waals surface area contributed by atoms with E-state index < -0.39 is 10.7 Å². The Morgan fingerprint density at radius 3 is 2.44 bits per heavy atom. The van der Waals surface area contributed by atoms with Crippen LogP contribution >= 0.6 is 11.8 Å². The van der Waals surface area contributed by atoms with Crippen molar-refractivity contribution in [2.24, 2.45) is 0 Å². The van der Waals surface area contributed by atoms with Crippen molar-refractivity contribution in [2.45, 2.75) is 43.9 Å². The molecule has 0 unspecified atom stereocenters. The number of carbonyl (C=O) groups is 2. The first kappa shape index (κ1) is 25.5. The molecule has 34 heavy (non-hydrogen) atoms. The highest BCUT2D eigenvalue weighted by molar-refractivity contribution is 8.01. The second-order valence-electron chi connectivity index (χ2n) is 8.37. The van der Waals surface area contributed by atoms with Gasteiger partial charge in [0.2, 0.25) is 0 Å². The van der Waals surface area contributed by atoms with Crippen LogP contribution in [-0.2, 0) is 16.1 Å². The van der Waals surface area contributed by atoms with Gasteiger partial charge in [0.25, 0.3) is 5.91 Å². The van der Waals surface area contributed by atoms with Crippen LogP contribution in [0.1, 0.15) is 35.6 Å². The van der Waals surface area contributed by atoms with E-state index in [-0.39, 0.29) is 17.4 Å². The molecule has 0 fully saturated rings. The van der Waals surface area contributed by atoms with Crippen LogP contribution in [0.4, 0.5) is 10.1 Å². The third-order valence-electron chi connectivity index (χ3n) is 5.39. The minimum absolute atomic E-state index is 0.264. The van der Waals surface area contributed by atoms with E-state index in [4.69, 9.17) is 4.74 Å². The normalized spacial score (nSPS) is 11.5. The average Bonchev–Trinajstić information content (AvgIpc) is 3.10. The van der Waals surface area contributed by atoms with Crippen LogP contribution in [0, 0.1) is 19.7 Å². The number of ether oxygens (including phenoxy) is 1. The predicted octanol–water partition coefficient (Wildman–Crippen LogP) is 5.16. The summed E-state index contributed by atoms with van der Waals surface area (Å²) in [6, 6.07) is 11.6. The van der Waals surface area contributed by atoms with Crippen LogP contribution in [0.25, 0.3) is 11.4 Å². The van der Waals surface area contributed by atoms with Crippen molar-refractivity contribution in [3.8, 4) is 11.4 Å². The number of amides is 1. The molecule has 0 aliphatic rings. The maximum absolute atomic E-state index is 13.4. The molecule has 7 nitrogen and oxygen atoms in total. The average molecular weight is 486 g/mol. The number of hydrogen-bond acceptors (Lipinski definition) is 5. The summed E-state index contributed by atoms with van der Waals surface area (Å²) >= 11 is 1.26. The molecule has 1 aromatic heterocycles. The fourth-order valence-corrected chi connectivity index (χ4v) is 4.33. The van der Waals surface area contributed by atoms with Gasteiger partial charge in [-0.3, -0.25) is 9.59 Å². The van der Waals surface area contributed by atoms with Gasteiger partial charge in [0, 0.05) is 35.5 Å². The van der Waals surface area contributed by atoms with E-state index in [2.05, 4.69) is 10.3 Å². The minimum Gasteiger partial charge on any atom is -0.480 e. The summed E-state index contributed by atoms with van der Waals surface area (Å²) < 4.78 is 19.6. The van der Waals surface area contributed by atoms with Crippen LogP contribution in [0.15, 0.2) is 47.4 Å². The number of rotatable bonds is 9. The zero-order chi connectivity index (χ0) is 25.0. The zero-order valence-electron chi connectivity index (χ0n) is 19.8. The lowest BCUT2D eigenvalue weighted by Gasteiger charge is -2.18. The van der Waals surface area contributed by atoms with E-state index in [0.29, 0.717) is 35.9 Å². The van der Waals surface area contributed by atoms with Crippen LogP contribution in [-0.4, -0.2) is 45.0 Å². The fourth-order valence-electron chi connectivity index (χ4n) is 3.38. The molecular weight excluding hydrogens is 457 g/mol. The maximum atomic E-state index is 13.4. The van der Waals surface area contributed by atoms with Crippen molar-refractivity contribution in [2.75, 3.05) is 19.0 Å². The molecule has 9 heteroatoms. The maximum Gasteiger partial charge on any atom is 0.319 e. The van der Waals surface area contributed by atoms with Gasteiger partial charge in [-0.1, -0.05) is 12.1 Å². The number of carboxylic acid groups (broad SMARTS) is 1. The van der Waals surface area contributed by atoms with Crippen molar-refractivity contribution in [1.29, 1.82) is 0 Å². The Kier molecular flexibility index (Phi) is 7.78. The third kappa shape index (κ3) is 5.66. The molecule has 1 heterocycles. The first-order chi connectivity index (χ1) is 16.0. The van der Waals surface area contributed by atoms with Crippen LogP contribution in [0.2, 0.25) is 0 Å². The van der Waals surface area contributed by atoms with Gasteiger partial charge in [-0.25, -0.2) is 9.37 Å². The van der Waals surface area contributed by atoms with Gasteiger partial charge in [-0.05, 0) is 63.6 Å². The molecule has 1 amide bonds. The number of imidazole rings is 1.